The van der Waals surface area contributed by atoms with Crippen LogP contribution in [0.5, 0.6) is 0 Å². The number of hydrogen-bond acceptors (Lipinski definition) is 6. The predicted octanol–water partition coefficient (Wildman–Crippen LogP) is 2.05. The lowest BCUT2D eigenvalue weighted by molar-refractivity contribution is -0.394. The molecule has 1 aliphatic rings. The average molecular weight is 275 g/mol. The molecular weight excluding hydrogens is 262 g/mol. The Kier molecular flexibility index (Phi) is 4.19. The highest BCUT2D eigenvalue weighted by atomic mass is 16.6. The summed E-state index contributed by atoms with van der Waals surface area (Å²) in [5, 5.41) is 10.5. The van der Waals surface area contributed by atoms with E-state index in [9.17, 15) is 14.9 Å². The van der Waals surface area contributed by atoms with Crippen LogP contribution in [0.1, 0.15) is 25.3 Å². The summed E-state index contributed by atoms with van der Waals surface area (Å²) in [4.78, 5) is 29.1. The molecule has 0 amide bonds. The molecule has 20 heavy (non-hydrogen) atoms. The average Bonchev–Trinajstić information content (AvgIpc) is 2.47. The first-order valence-electron chi connectivity index (χ1n) is 6.17. The van der Waals surface area contributed by atoms with E-state index in [2.05, 4.69) is 9.97 Å². The number of esters is 1. The smallest absolute Gasteiger partial charge is 0.463 e. The Morgan fingerprint density at radius 3 is 2.75 bits per heavy atom. The lowest BCUT2D eigenvalue weighted by atomic mass is 9.94. The molecule has 0 unspecified atom stereocenters. The van der Waals surface area contributed by atoms with Gasteiger partial charge in [-0.05, 0) is 30.3 Å². The van der Waals surface area contributed by atoms with E-state index in [-0.39, 0.29) is 5.97 Å². The van der Waals surface area contributed by atoms with E-state index < -0.39 is 10.9 Å². The van der Waals surface area contributed by atoms with Crippen molar-refractivity contribution in [3.8, 4) is 0 Å². The number of nitro groups is 1. The van der Waals surface area contributed by atoms with Gasteiger partial charge in [-0.1, -0.05) is 22.1 Å². The molecule has 0 bridgehead atoms. The van der Waals surface area contributed by atoms with Gasteiger partial charge in [0.05, 0.1) is 12.2 Å². The minimum Gasteiger partial charge on any atom is -0.463 e. The van der Waals surface area contributed by atoms with E-state index in [1.54, 1.807) is 13.0 Å². The largest absolute Gasteiger partial charge is 0.468 e. The second-order valence-electron chi connectivity index (χ2n) is 4.08. The van der Waals surface area contributed by atoms with Crippen molar-refractivity contribution < 1.29 is 14.5 Å². The minimum atomic E-state index is -0.666. The second-order valence-corrected chi connectivity index (χ2v) is 4.08. The van der Waals surface area contributed by atoms with E-state index in [1.165, 1.54) is 12.4 Å². The molecular formula is C13H13N3O4. The Balaban J connectivity index is 2.38. The molecule has 0 atom stereocenters. The third kappa shape index (κ3) is 2.87. The van der Waals surface area contributed by atoms with Crippen molar-refractivity contribution in [3.63, 3.8) is 0 Å². The number of aromatic nitrogens is 2. The van der Waals surface area contributed by atoms with Gasteiger partial charge >= 0.3 is 11.9 Å². The molecule has 1 aliphatic carbocycles. The maximum atomic E-state index is 11.9. The summed E-state index contributed by atoms with van der Waals surface area (Å²) in [6, 6.07) is 0. The van der Waals surface area contributed by atoms with Gasteiger partial charge in [0.2, 0.25) is 0 Å². The van der Waals surface area contributed by atoms with Crippen LogP contribution in [0.3, 0.4) is 0 Å². The summed E-state index contributed by atoms with van der Waals surface area (Å²) in [7, 11) is 0. The second kappa shape index (κ2) is 6.05. The van der Waals surface area contributed by atoms with Crippen LogP contribution in [0.15, 0.2) is 30.1 Å². The molecule has 7 nitrogen and oxygen atoms in total. The summed E-state index contributed by atoms with van der Waals surface area (Å²) in [6.07, 6.45) is 7.73. The Hall–Kier alpha value is -2.57. The molecule has 0 saturated carbocycles. The minimum absolute atomic E-state index is 0.302. The Morgan fingerprint density at radius 1 is 1.45 bits per heavy atom. The summed E-state index contributed by atoms with van der Waals surface area (Å²) in [5.41, 5.74) is 1.77. The van der Waals surface area contributed by atoms with Crippen molar-refractivity contribution >= 4 is 17.5 Å². The van der Waals surface area contributed by atoms with Crippen LogP contribution in [-0.2, 0) is 9.53 Å². The lowest BCUT2D eigenvalue weighted by Gasteiger charge is -2.13. The fourth-order valence-corrected chi connectivity index (χ4v) is 1.92. The van der Waals surface area contributed by atoms with Gasteiger partial charge in [0.25, 0.3) is 0 Å². The molecule has 0 aromatic carbocycles. The highest BCUT2D eigenvalue weighted by Crippen LogP contribution is 2.28. The van der Waals surface area contributed by atoms with Crippen LogP contribution in [0, 0.1) is 10.1 Å². The molecule has 0 N–H and O–H groups in total. The van der Waals surface area contributed by atoms with E-state index in [0.717, 1.165) is 6.42 Å². The molecule has 0 radical (unpaired) electrons. The lowest BCUT2D eigenvalue weighted by Crippen LogP contribution is -2.11. The van der Waals surface area contributed by atoms with Crippen molar-refractivity contribution in [2.45, 2.75) is 19.8 Å². The molecule has 1 aromatic rings. The number of nitrogens with zero attached hydrogens (tertiary/aromatic N) is 3. The van der Waals surface area contributed by atoms with E-state index in [0.29, 0.717) is 29.7 Å². The van der Waals surface area contributed by atoms with Crippen LogP contribution in [0.2, 0.25) is 0 Å². The number of carbonyl (C=O) groups is 1. The Morgan fingerprint density at radius 2 is 2.15 bits per heavy atom. The third-order valence-electron chi connectivity index (χ3n) is 2.80. The van der Waals surface area contributed by atoms with Crippen molar-refractivity contribution in [3.05, 3.63) is 45.8 Å². The van der Waals surface area contributed by atoms with Crippen molar-refractivity contribution in [2.24, 2.45) is 0 Å². The van der Waals surface area contributed by atoms with E-state index in [4.69, 9.17) is 4.74 Å². The number of hydrogen-bond donors (Lipinski definition) is 0. The summed E-state index contributed by atoms with van der Waals surface area (Å²) < 4.78 is 5.02. The van der Waals surface area contributed by atoms with Gasteiger partial charge in [0.15, 0.2) is 0 Å². The molecule has 1 aromatic heterocycles. The van der Waals surface area contributed by atoms with Crippen LogP contribution >= 0.6 is 0 Å². The van der Waals surface area contributed by atoms with Crippen LogP contribution < -0.4 is 0 Å². The predicted molar refractivity (Wildman–Crippen MR) is 70.6 cm³/mol. The van der Waals surface area contributed by atoms with Gasteiger partial charge in [-0.3, -0.25) is 0 Å². The van der Waals surface area contributed by atoms with Gasteiger partial charge in [0.1, 0.15) is 12.4 Å². The van der Waals surface area contributed by atoms with Gasteiger partial charge < -0.3 is 14.9 Å². The zero-order chi connectivity index (χ0) is 14.5. The quantitative estimate of drug-likeness (QED) is 0.474. The monoisotopic (exact) mass is 275 g/mol. The van der Waals surface area contributed by atoms with Crippen LogP contribution in [0.25, 0.3) is 5.57 Å². The molecule has 1 heterocycles. The van der Waals surface area contributed by atoms with E-state index in [1.807, 2.05) is 6.08 Å². The molecule has 104 valence electrons. The van der Waals surface area contributed by atoms with Crippen molar-refractivity contribution in [1.29, 1.82) is 0 Å². The van der Waals surface area contributed by atoms with Crippen molar-refractivity contribution in [1.82, 2.24) is 9.97 Å². The van der Waals surface area contributed by atoms with Crippen LogP contribution in [0.4, 0.5) is 5.95 Å². The van der Waals surface area contributed by atoms with Crippen LogP contribution in [-0.4, -0.2) is 27.5 Å². The Labute approximate surface area is 115 Å². The molecule has 0 fully saturated rings. The summed E-state index contributed by atoms with van der Waals surface area (Å²) in [6.45, 7) is 2.04. The molecule has 0 aliphatic heterocycles. The Bertz CT molecular complexity index is 590. The fraction of sp³-hybridized carbons (Fsp3) is 0.308. The van der Waals surface area contributed by atoms with Gasteiger partial charge in [-0.2, -0.15) is 0 Å². The van der Waals surface area contributed by atoms with Crippen molar-refractivity contribution in [2.75, 3.05) is 6.61 Å². The molecule has 0 saturated heterocycles. The van der Waals surface area contributed by atoms with Gasteiger partial charge in [-0.15, -0.1) is 0 Å². The third-order valence-corrected chi connectivity index (χ3v) is 2.80. The normalized spacial score (nSPS) is 14.2. The molecule has 0 spiro atoms. The summed E-state index contributed by atoms with van der Waals surface area (Å²) in [5.74, 6) is -0.836. The summed E-state index contributed by atoms with van der Waals surface area (Å²) >= 11 is 0. The maximum Gasteiger partial charge on any atom is 0.468 e. The maximum absolute atomic E-state index is 11.9. The van der Waals surface area contributed by atoms with Gasteiger partial charge in [-0.25, -0.2) is 4.79 Å². The topological polar surface area (TPSA) is 95.2 Å². The molecule has 2 rings (SSSR count). The highest BCUT2D eigenvalue weighted by molar-refractivity contribution is 6.00. The fourth-order valence-electron chi connectivity index (χ4n) is 1.92. The number of carbonyl (C=O) groups excluding carboxylic acids is 1. The first-order chi connectivity index (χ1) is 9.63. The van der Waals surface area contributed by atoms with E-state index >= 15 is 0 Å². The highest BCUT2D eigenvalue weighted by Gasteiger charge is 2.20. The number of allylic oxidation sites excluding steroid dienone is 3. The number of rotatable bonds is 4. The van der Waals surface area contributed by atoms with Gasteiger partial charge in [0, 0.05) is 5.57 Å². The number of ether oxygens (including phenoxy) is 1. The standard InChI is InChI=1S/C13H13N3O4/c1-2-20-12(17)11-6-4-3-5-10(11)9-7-14-13(15-8-9)16(18)19/h3,5,7-8H,2,4,6H2,1H3. The zero-order valence-electron chi connectivity index (χ0n) is 10.9. The molecule has 7 heteroatoms. The SMILES string of the molecule is CCOC(=O)C1=C(c2cnc([N+](=O)[O-])nc2)C=CCC1. The first kappa shape index (κ1) is 13.9. The first-order valence-corrected chi connectivity index (χ1v) is 6.17. The zero-order valence-corrected chi connectivity index (χ0v) is 10.9.